The van der Waals surface area contributed by atoms with Crippen molar-refractivity contribution >= 4 is 28.8 Å². The number of nitrogens with zero attached hydrogens (tertiary/aromatic N) is 3. The molecule has 3 heterocycles. The number of fused-ring (bicyclic) bond motifs is 1. The number of benzene rings is 1. The van der Waals surface area contributed by atoms with Crippen LogP contribution in [0.2, 0.25) is 5.02 Å². The van der Waals surface area contributed by atoms with Crippen LogP contribution in [0.25, 0.3) is 5.65 Å². The third-order valence-corrected chi connectivity index (χ3v) is 4.91. The van der Waals surface area contributed by atoms with Gasteiger partial charge < -0.3 is 15.0 Å². The van der Waals surface area contributed by atoms with E-state index >= 15 is 0 Å². The van der Waals surface area contributed by atoms with Gasteiger partial charge in [-0.25, -0.2) is 4.98 Å². The number of amides is 1. The Morgan fingerprint density at radius 2 is 1.93 bits per heavy atom. The molecule has 0 atom stereocenters. The molecule has 1 saturated heterocycles. The largest absolute Gasteiger partial charge is 0.378 e. The summed E-state index contributed by atoms with van der Waals surface area (Å²) in [5, 5.41) is 3.76. The first kappa shape index (κ1) is 18.5. The number of carbonyl (C=O) groups excluding carboxylic acids is 1. The number of ether oxygens (including phenoxy) is 1. The maximum Gasteiger partial charge on any atom is 0.281 e. The molecule has 1 aromatic carbocycles. The van der Waals surface area contributed by atoms with Gasteiger partial charge in [0.15, 0.2) is 5.65 Å². The van der Waals surface area contributed by atoms with Crippen LogP contribution >= 0.6 is 11.6 Å². The van der Waals surface area contributed by atoms with Gasteiger partial charge in [0.2, 0.25) is 0 Å². The fourth-order valence-electron chi connectivity index (χ4n) is 3.13. The molecule has 0 saturated carbocycles. The number of hydrogen-bond donors (Lipinski definition) is 1. The molecular formula is C20H19ClN4O3. The lowest BCUT2D eigenvalue weighted by molar-refractivity contribution is 0.0303. The number of carbonyl (C=O) groups is 1. The Labute approximate surface area is 166 Å². The van der Waals surface area contributed by atoms with Crippen LogP contribution < -0.4 is 10.9 Å². The SMILES string of the molecule is O=C(c1cccn2c(=O)c(NCc3ccc(Cl)cc3)cnc12)N1CCOCC1. The van der Waals surface area contributed by atoms with E-state index < -0.39 is 0 Å². The van der Waals surface area contributed by atoms with E-state index in [2.05, 4.69) is 10.3 Å². The molecule has 1 aliphatic rings. The van der Waals surface area contributed by atoms with Crippen molar-refractivity contribution in [3.05, 3.63) is 75.3 Å². The van der Waals surface area contributed by atoms with Gasteiger partial charge in [-0.3, -0.25) is 14.0 Å². The van der Waals surface area contributed by atoms with Gasteiger partial charge in [-0.2, -0.15) is 0 Å². The van der Waals surface area contributed by atoms with E-state index in [0.29, 0.717) is 54.8 Å². The Morgan fingerprint density at radius 1 is 1.18 bits per heavy atom. The lowest BCUT2D eigenvalue weighted by Crippen LogP contribution is -2.41. The number of pyridine rings is 1. The van der Waals surface area contributed by atoms with Gasteiger partial charge in [0.05, 0.1) is 25.0 Å². The monoisotopic (exact) mass is 398 g/mol. The Balaban J connectivity index is 1.61. The highest BCUT2D eigenvalue weighted by molar-refractivity contribution is 6.30. The van der Waals surface area contributed by atoms with E-state index in [9.17, 15) is 9.59 Å². The van der Waals surface area contributed by atoms with Gasteiger partial charge in [-0.15, -0.1) is 0 Å². The first-order chi connectivity index (χ1) is 13.6. The van der Waals surface area contributed by atoms with Crippen molar-refractivity contribution in [1.82, 2.24) is 14.3 Å². The topological polar surface area (TPSA) is 75.9 Å². The molecule has 0 aliphatic carbocycles. The summed E-state index contributed by atoms with van der Waals surface area (Å²) in [6, 6.07) is 10.8. The summed E-state index contributed by atoms with van der Waals surface area (Å²) < 4.78 is 6.70. The fourth-order valence-corrected chi connectivity index (χ4v) is 3.26. The number of halogens is 1. The van der Waals surface area contributed by atoms with Crippen molar-refractivity contribution in [2.75, 3.05) is 31.6 Å². The zero-order valence-electron chi connectivity index (χ0n) is 15.1. The minimum Gasteiger partial charge on any atom is -0.378 e. The summed E-state index contributed by atoms with van der Waals surface area (Å²) in [7, 11) is 0. The molecule has 0 bridgehead atoms. The molecule has 1 aliphatic heterocycles. The quantitative estimate of drug-likeness (QED) is 0.730. The van der Waals surface area contributed by atoms with E-state index in [1.165, 1.54) is 10.6 Å². The summed E-state index contributed by atoms with van der Waals surface area (Å²) in [5.74, 6) is -0.143. The summed E-state index contributed by atoms with van der Waals surface area (Å²) in [5.41, 5.74) is 1.86. The van der Waals surface area contributed by atoms with Crippen LogP contribution in [0.3, 0.4) is 0 Å². The maximum absolute atomic E-state index is 12.8. The van der Waals surface area contributed by atoms with Crippen LogP contribution in [0.1, 0.15) is 15.9 Å². The van der Waals surface area contributed by atoms with Crippen molar-refractivity contribution in [3.63, 3.8) is 0 Å². The highest BCUT2D eigenvalue weighted by Gasteiger charge is 2.21. The molecule has 1 N–H and O–H groups in total. The minimum absolute atomic E-state index is 0.143. The van der Waals surface area contributed by atoms with Crippen LogP contribution in [-0.4, -0.2) is 46.5 Å². The molecule has 0 unspecified atom stereocenters. The molecule has 0 spiro atoms. The van der Waals surface area contributed by atoms with Crippen molar-refractivity contribution in [1.29, 1.82) is 0 Å². The second-order valence-corrected chi connectivity index (χ2v) is 6.91. The molecule has 1 fully saturated rings. The highest BCUT2D eigenvalue weighted by Crippen LogP contribution is 2.14. The number of nitrogens with one attached hydrogen (secondary N) is 1. The van der Waals surface area contributed by atoms with Crippen molar-refractivity contribution in [3.8, 4) is 0 Å². The number of aromatic nitrogens is 2. The Bertz CT molecular complexity index is 1060. The van der Waals surface area contributed by atoms with Gasteiger partial charge in [-0.1, -0.05) is 23.7 Å². The second kappa shape index (κ2) is 8.00. The smallest absolute Gasteiger partial charge is 0.281 e. The van der Waals surface area contributed by atoms with Crippen LogP contribution in [0.5, 0.6) is 0 Å². The van der Waals surface area contributed by atoms with Crippen molar-refractivity contribution in [2.45, 2.75) is 6.54 Å². The van der Waals surface area contributed by atoms with E-state index in [1.54, 1.807) is 35.4 Å². The number of hydrogen-bond acceptors (Lipinski definition) is 5. The second-order valence-electron chi connectivity index (χ2n) is 6.48. The van der Waals surface area contributed by atoms with Gasteiger partial charge in [0, 0.05) is 30.9 Å². The average molecular weight is 399 g/mol. The maximum atomic E-state index is 12.8. The zero-order chi connectivity index (χ0) is 19.5. The lowest BCUT2D eigenvalue weighted by Gasteiger charge is -2.27. The van der Waals surface area contributed by atoms with E-state index in [0.717, 1.165) is 5.56 Å². The van der Waals surface area contributed by atoms with E-state index in [1.807, 2.05) is 12.1 Å². The summed E-state index contributed by atoms with van der Waals surface area (Å²) in [4.78, 5) is 31.8. The summed E-state index contributed by atoms with van der Waals surface area (Å²) in [6.07, 6.45) is 3.10. The Kier molecular flexibility index (Phi) is 5.27. The highest BCUT2D eigenvalue weighted by atomic mass is 35.5. The van der Waals surface area contributed by atoms with Crippen molar-refractivity contribution in [2.24, 2.45) is 0 Å². The predicted octanol–water partition coefficient (Wildman–Crippen LogP) is 2.43. The van der Waals surface area contributed by atoms with Gasteiger partial charge in [0.1, 0.15) is 5.69 Å². The van der Waals surface area contributed by atoms with Crippen LogP contribution in [0.4, 0.5) is 5.69 Å². The molecule has 3 aromatic rings. The minimum atomic E-state index is -0.254. The third-order valence-electron chi connectivity index (χ3n) is 4.66. The number of rotatable bonds is 4. The normalized spacial score (nSPS) is 14.2. The lowest BCUT2D eigenvalue weighted by atomic mass is 10.2. The first-order valence-electron chi connectivity index (χ1n) is 8.99. The van der Waals surface area contributed by atoms with Crippen LogP contribution in [0.15, 0.2) is 53.6 Å². The summed E-state index contributed by atoms with van der Waals surface area (Å²) in [6.45, 7) is 2.56. The fraction of sp³-hybridized carbons (Fsp3) is 0.250. The number of anilines is 1. The molecule has 28 heavy (non-hydrogen) atoms. The van der Waals surface area contributed by atoms with Crippen LogP contribution in [-0.2, 0) is 11.3 Å². The first-order valence-corrected chi connectivity index (χ1v) is 9.37. The van der Waals surface area contributed by atoms with Crippen molar-refractivity contribution < 1.29 is 9.53 Å². The van der Waals surface area contributed by atoms with E-state index in [-0.39, 0.29) is 11.5 Å². The van der Waals surface area contributed by atoms with Gasteiger partial charge in [0.25, 0.3) is 11.5 Å². The Morgan fingerprint density at radius 3 is 2.68 bits per heavy atom. The number of morpholine rings is 1. The Hall–Kier alpha value is -2.90. The molecule has 2 aromatic heterocycles. The molecule has 1 amide bonds. The zero-order valence-corrected chi connectivity index (χ0v) is 15.9. The van der Waals surface area contributed by atoms with Gasteiger partial charge in [-0.05, 0) is 29.8 Å². The molecule has 0 radical (unpaired) electrons. The molecule has 8 heteroatoms. The molecule has 4 rings (SSSR count). The summed E-state index contributed by atoms with van der Waals surface area (Å²) >= 11 is 5.89. The molecular weight excluding hydrogens is 380 g/mol. The standard InChI is InChI=1S/C20H19ClN4O3/c21-15-5-3-14(4-6-15)12-22-17-13-23-18-16(2-1-7-25(18)20(17)27)19(26)24-8-10-28-11-9-24/h1-7,13,22H,8-12H2. The van der Waals surface area contributed by atoms with Gasteiger partial charge >= 0.3 is 0 Å². The average Bonchev–Trinajstić information content (AvgIpc) is 2.74. The molecule has 144 valence electrons. The van der Waals surface area contributed by atoms with Crippen LogP contribution in [0, 0.1) is 0 Å². The van der Waals surface area contributed by atoms with E-state index in [4.69, 9.17) is 16.3 Å². The third kappa shape index (κ3) is 3.72. The predicted molar refractivity (Wildman–Crippen MR) is 107 cm³/mol. The molecule has 7 nitrogen and oxygen atoms in total.